The molecule has 0 spiro atoms. The number of ether oxygens (including phenoxy) is 1. The lowest BCUT2D eigenvalue weighted by molar-refractivity contribution is 0.415. The highest BCUT2D eigenvalue weighted by molar-refractivity contribution is 5.48. The van der Waals surface area contributed by atoms with Gasteiger partial charge in [0.25, 0.3) is 0 Å². The van der Waals surface area contributed by atoms with E-state index in [9.17, 15) is 0 Å². The summed E-state index contributed by atoms with van der Waals surface area (Å²) in [5.74, 6) is 2.03. The van der Waals surface area contributed by atoms with Gasteiger partial charge in [-0.2, -0.15) is 0 Å². The van der Waals surface area contributed by atoms with Crippen LogP contribution in [0.15, 0.2) is 36.5 Å². The molecule has 5 nitrogen and oxygen atoms in total. The summed E-state index contributed by atoms with van der Waals surface area (Å²) in [6.45, 7) is 0.609. The molecule has 2 rings (SSSR count). The molecule has 0 atom stereocenters. The minimum atomic E-state index is 0.489. The second-order valence-corrected chi connectivity index (χ2v) is 3.95. The molecular weight excluding hydrogens is 228 g/mol. The van der Waals surface area contributed by atoms with Gasteiger partial charge >= 0.3 is 0 Å². The first-order chi connectivity index (χ1) is 8.69. The summed E-state index contributed by atoms with van der Waals surface area (Å²) in [5, 5.41) is 0. The van der Waals surface area contributed by atoms with Crippen LogP contribution in [0.2, 0.25) is 0 Å². The topological polar surface area (TPSA) is 64.3 Å². The summed E-state index contributed by atoms with van der Waals surface area (Å²) >= 11 is 0. The van der Waals surface area contributed by atoms with Gasteiger partial charge in [0, 0.05) is 18.9 Å². The summed E-state index contributed by atoms with van der Waals surface area (Å²) in [5.41, 5.74) is 6.70. The minimum absolute atomic E-state index is 0.489. The van der Waals surface area contributed by atoms with Crippen LogP contribution in [0.25, 0.3) is 0 Å². The molecule has 0 amide bonds. The first-order valence-corrected chi connectivity index (χ1v) is 5.61. The number of methoxy groups -OCH3 is 1. The highest BCUT2D eigenvalue weighted by atomic mass is 16.5. The lowest BCUT2D eigenvalue weighted by Crippen LogP contribution is -2.18. The van der Waals surface area contributed by atoms with Gasteiger partial charge < -0.3 is 15.4 Å². The summed E-state index contributed by atoms with van der Waals surface area (Å²) in [6.07, 6.45) is 1.67. The SMILES string of the molecule is COc1ccc(N(C)Cc2nccc(N)n2)cc1. The van der Waals surface area contributed by atoms with Gasteiger partial charge in [0.15, 0.2) is 0 Å². The molecule has 1 heterocycles. The van der Waals surface area contributed by atoms with Crippen LogP contribution >= 0.6 is 0 Å². The van der Waals surface area contributed by atoms with Crippen molar-refractivity contribution >= 4 is 11.5 Å². The van der Waals surface area contributed by atoms with Gasteiger partial charge in [-0.05, 0) is 30.3 Å². The number of benzene rings is 1. The molecule has 2 aromatic rings. The largest absolute Gasteiger partial charge is 0.497 e. The smallest absolute Gasteiger partial charge is 0.149 e. The van der Waals surface area contributed by atoms with Gasteiger partial charge in [-0.3, -0.25) is 0 Å². The van der Waals surface area contributed by atoms with Crippen molar-refractivity contribution in [3.63, 3.8) is 0 Å². The monoisotopic (exact) mass is 244 g/mol. The Morgan fingerprint density at radius 3 is 2.56 bits per heavy atom. The Bertz CT molecular complexity index is 513. The molecule has 1 aromatic carbocycles. The molecular formula is C13H16N4O. The van der Waals surface area contributed by atoms with E-state index in [0.717, 1.165) is 11.4 Å². The van der Waals surface area contributed by atoms with Crippen LogP contribution in [0.4, 0.5) is 11.5 Å². The first-order valence-electron chi connectivity index (χ1n) is 5.61. The van der Waals surface area contributed by atoms with Crippen molar-refractivity contribution in [2.45, 2.75) is 6.54 Å². The Kier molecular flexibility index (Phi) is 3.62. The second-order valence-electron chi connectivity index (χ2n) is 3.95. The van der Waals surface area contributed by atoms with E-state index in [1.165, 1.54) is 0 Å². The lowest BCUT2D eigenvalue weighted by atomic mass is 10.3. The van der Waals surface area contributed by atoms with Gasteiger partial charge in [0.1, 0.15) is 17.4 Å². The normalized spacial score (nSPS) is 10.1. The zero-order chi connectivity index (χ0) is 13.0. The molecule has 18 heavy (non-hydrogen) atoms. The van der Waals surface area contributed by atoms with Gasteiger partial charge in [-0.15, -0.1) is 0 Å². The van der Waals surface area contributed by atoms with E-state index in [1.807, 2.05) is 36.2 Å². The van der Waals surface area contributed by atoms with E-state index in [1.54, 1.807) is 19.4 Å². The number of rotatable bonds is 4. The van der Waals surface area contributed by atoms with E-state index in [0.29, 0.717) is 18.2 Å². The Morgan fingerprint density at radius 2 is 1.94 bits per heavy atom. The van der Waals surface area contributed by atoms with E-state index in [4.69, 9.17) is 10.5 Å². The molecule has 0 bridgehead atoms. The average molecular weight is 244 g/mol. The van der Waals surface area contributed by atoms with Crippen molar-refractivity contribution in [3.05, 3.63) is 42.4 Å². The van der Waals surface area contributed by atoms with Crippen molar-refractivity contribution in [2.24, 2.45) is 0 Å². The zero-order valence-corrected chi connectivity index (χ0v) is 10.5. The van der Waals surface area contributed by atoms with Crippen molar-refractivity contribution in [3.8, 4) is 5.75 Å². The fraction of sp³-hybridized carbons (Fsp3) is 0.231. The Labute approximate surface area is 106 Å². The fourth-order valence-electron chi connectivity index (χ4n) is 1.63. The number of hydrogen-bond donors (Lipinski definition) is 1. The van der Waals surface area contributed by atoms with Crippen molar-refractivity contribution in [1.29, 1.82) is 0 Å². The third kappa shape index (κ3) is 2.88. The van der Waals surface area contributed by atoms with Gasteiger partial charge in [-0.1, -0.05) is 0 Å². The fourth-order valence-corrected chi connectivity index (χ4v) is 1.63. The molecule has 2 N–H and O–H groups in total. The molecule has 0 fully saturated rings. The molecule has 1 aromatic heterocycles. The molecule has 0 aliphatic heterocycles. The van der Waals surface area contributed by atoms with Crippen LogP contribution in [0.1, 0.15) is 5.82 Å². The highest BCUT2D eigenvalue weighted by Crippen LogP contribution is 2.19. The van der Waals surface area contributed by atoms with E-state index in [2.05, 4.69) is 9.97 Å². The van der Waals surface area contributed by atoms with Crippen LogP contribution in [0, 0.1) is 0 Å². The van der Waals surface area contributed by atoms with Gasteiger partial charge in [0.05, 0.1) is 13.7 Å². The molecule has 5 heteroatoms. The highest BCUT2D eigenvalue weighted by Gasteiger charge is 2.04. The van der Waals surface area contributed by atoms with E-state index < -0.39 is 0 Å². The maximum absolute atomic E-state index is 5.62. The molecule has 0 saturated heterocycles. The van der Waals surface area contributed by atoms with Crippen molar-refractivity contribution in [2.75, 3.05) is 24.8 Å². The van der Waals surface area contributed by atoms with Gasteiger partial charge in [-0.25, -0.2) is 9.97 Å². The third-order valence-corrected chi connectivity index (χ3v) is 2.62. The number of aromatic nitrogens is 2. The molecule has 0 saturated carbocycles. The van der Waals surface area contributed by atoms with Crippen LogP contribution in [0.5, 0.6) is 5.75 Å². The average Bonchev–Trinajstić information content (AvgIpc) is 2.39. The molecule has 94 valence electrons. The molecule has 0 aliphatic carbocycles. The van der Waals surface area contributed by atoms with E-state index >= 15 is 0 Å². The van der Waals surface area contributed by atoms with Crippen molar-refractivity contribution < 1.29 is 4.74 Å². The van der Waals surface area contributed by atoms with Crippen LogP contribution in [-0.4, -0.2) is 24.1 Å². The van der Waals surface area contributed by atoms with E-state index in [-0.39, 0.29) is 0 Å². The number of nitrogens with zero attached hydrogens (tertiary/aromatic N) is 3. The standard InChI is InChI=1S/C13H16N4O/c1-17(9-13-15-8-7-12(14)16-13)10-3-5-11(18-2)6-4-10/h3-8H,9H2,1-2H3,(H2,14,15,16). The molecule has 0 unspecified atom stereocenters. The summed E-state index contributed by atoms with van der Waals surface area (Å²) in [4.78, 5) is 10.4. The van der Waals surface area contributed by atoms with Gasteiger partial charge in [0.2, 0.25) is 0 Å². The molecule has 0 aliphatic rings. The van der Waals surface area contributed by atoms with Crippen LogP contribution in [-0.2, 0) is 6.54 Å². The number of anilines is 2. The third-order valence-electron chi connectivity index (χ3n) is 2.62. The van der Waals surface area contributed by atoms with Crippen molar-refractivity contribution in [1.82, 2.24) is 9.97 Å². The maximum atomic E-state index is 5.62. The Morgan fingerprint density at radius 1 is 1.22 bits per heavy atom. The molecule has 0 radical (unpaired) electrons. The Balaban J connectivity index is 2.09. The summed E-state index contributed by atoms with van der Waals surface area (Å²) in [7, 11) is 3.63. The number of nitrogens with two attached hydrogens (primary N) is 1. The van der Waals surface area contributed by atoms with Crippen LogP contribution in [0.3, 0.4) is 0 Å². The first kappa shape index (κ1) is 12.2. The summed E-state index contributed by atoms with van der Waals surface area (Å²) < 4.78 is 5.12. The number of hydrogen-bond acceptors (Lipinski definition) is 5. The predicted octanol–water partition coefficient (Wildman–Crippen LogP) is 1.70. The van der Waals surface area contributed by atoms with Crippen LogP contribution < -0.4 is 15.4 Å². The summed E-state index contributed by atoms with van der Waals surface area (Å²) in [6, 6.07) is 9.51. The maximum Gasteiger partial charge on any atom is 0.149 e. The number of nitrogen functional groups attached to an aromatic ring is 1. The minimum Gasteiger partial charge on any atom is -0.497 e. The Hall–Kier alpha value is -2.30. The second kappa shape index (κ2) is 5.35. The predicted molar refractivity (Wildman–Crippen MR) is 71.5 cm³/mol. The zero-order valence-electron chi connectivity index (χ0n) is 10.5. The lowest BCUT2D eigenvalue weighted by Gasteiger charge is -2.18. The quantitative estimate of drug-likeness (QED) is 0.886.